The third-order valence-corrected chi connectivity index (χ3v) is 4.89. The third-order valence-electron chi connectivity index (χ3n) is 2.82. The Hall–Kier alpha value is -0.280. The molecule has 1 nitrogen and oxygen atoms in total. The molecule has 2 atom stereocenters. The van der Waals surface area contributed by atoms with E-state index in [9.17, 15) is 0 Å². The molecule has 0 bridgehead atoms. The number of rotatable bonds is 3. The summed E-state index contributed by atoms with van der Waals surface area (Å²) in [6, 6.07) is 9.37. The Morgan fingerprint density at radius 2 is 2.07 bits per heavy atom. The van der Waals surface area contributed by atoms with Gasteiger partial charge < -0.3 is 5.32 Å². The molecule has 3 heteroatoms. The first-order valence-corrected chi connectivity index (χ1v) is 7.59. The first-order valence-electron chi connectivity index (χ1n) is 5.32. The van der Waals surface area contributed by atoms with Crippen molar-refractivity contribution < 1.29 is 0 Å². The normalized spacial score (nSPS) is 25.5. The maximum Gasteiger partial charge on any atom is 0.0385 e. The summed E-state index contributed by atoms with van der Waals surface area (Å²) < 4.78 is 0. The number of benzene rings is 1. The number of nitrogens with one attached hydrogen (secondary N) is 1. The molecule has 2 rings (SSSR count). The van der Waals surface area contributed by atoms with Crippen molar-refractivity contribution in [3.63, 3.8) is 0 Å². The summed E-state index contributed by atoms with van der Waals surface area (Å²) in [5.41, 5.74) is 1.26. The van der Waals surface area contributed by atoms with Crippen molar-refractivity contribution in [2.45, 2.75) is 29.5 Å². The second kappa shape index (κ2) is 5.17. The molecule has 0 amide bonds. The zero-order chi connectivity index (χ0) is 10.7. The number of anilines is 1. The van der Waals surface area contributed by atoms with Gasteiger partial charge in [0.15, 0.2) is 0 Å². The summed E-state index contributed by atoms with van der Waals surface area (Å²) in [6.07, 6.45) is 3.40. The molecular weight excluding hydrogens is 222 g/mol. The van der Waals surface area contributed by atoms with Gasteiger partial charge >= 0.3 is 0 Å². The molecule has 1 aliphatic heterocycles. The van der Waals surface area contributed by atoms with Crippen LogP contribution in [-0.2, 0) is 0 Å². The van der Waals surface area contributed by atoms with Crippen molar-refractivity contribution in [1.29, 1.82) is 0 Å². The number of hydrogen-bond acceptors (Lipinski definition) is 3. The monoisotopic (exact) mass is 239 g/mol. The highest BCUT2D eigenvalue weighted by Crippen LogP contribution is 2.29. The lowest BCUT2D eigenvalue weighted by Crippen LogP contribution is -2.24. The second-order valence-electron chi connectivity index (χ2n) is 3.84. The minimum absolute atomic E-state index is 0.648. The van der Waals surface area contributed by atoms with E-state index in [0.717, 1.165) is 5.25 Å². The topological polar surface area (TPSA) is 12.0 Å². The van der Waals surface area contributed by atoms with E-state index in [-0.39, 0.29) is 0 Å². The van der Waals surface area contributed by atoms with Gasteiger partial charge in [0.25, 0.3) is 0 Å². The Morgan fingerprint density at radius 1 is 1.33 bits per heavy atom. The summed E-state index contributed by atoms with van der Waals surface area (Å²) in [6.45, 7) is 2.31. The van der Waals surface area contributed by atoms with Crippen LogP contribution >= 0.6 is 23.5 Å². The fourth-order valence-electron chi connectivity index (χ4n) is 1.82. The summed E-state index contributed by atoms with van der Waals surface area (Å²) in [4.78, 5) is 1.33. The third kappa shape index (κ3) is 2.85. The van der Waals surface area contributed by atoms with Crippen molar-refractivity contribution in [3.8, 4) is 0 Å². The van der Waals surface area contributed by atoms with Gasteiger partial charge in [-0.15, -0.1) is 11.8 Å². The smallest absolute Gasteiger partial charge is 0.0385 e. The van der Waals surface area contributed by atoms with E-state index in [0.29, 0.717) is 6.04 Å². The van der Waals surface area contributed by atoms with Crippen LogP contribution in [0.3, 0.4) is 0 Å². The lowest BCUT2D eigenvalue weighted by Gasteiger charge is -2.17. The van der Waals surface area contributed by atoms with Gasteiger partial charge in [0.05, 0.1) is 0 Å². The molecule has 0 aliphatic carbocycles. The molecule has 15 heavy (non-hydrogen) atoms. The van der Waals surface area contributed by atoms with Gasteiger partial charge in [0, 0.05) is 21.9 Å². The summed E-state index contributed by atoms with van der Waals surface area (Å²) in [5, 5.41) is 4.35. The van der Waals surface area contributed by atoms with E-state index in [4.69, 9.17) is 0 Å². The van der Waals surface area contributed by atoms with Gasteiger partial charge in [-0.1, -0.05) is 6.92 Å². The molecule has 1 saturated heterocycles. The quantitative estimate of drug-likeness (QED) is 0.808. The van der Waals surface area contributed by atoms with Crippen LogP contribution in [0.4, 0.5) is 5.69 Å². The van der Waals surface area contributed by atoms with Gasteiger partial charge in [-0.05, 0) is 42.7 Å². The van der Waals surface area contributed by atoms with E-state index in [1.54, 1.807) is 11.8 Å². The largest absolute Gasteiger partial charge is 0.381 e. The summed E-state index contributed by atoms with van der Waals surface area (Å²) >= 11 is 3.85. The van der Waals surface area contributed by atoms with Crippen molar-refractivity contribution in [3.05, 3.63) is 24.3 Å². The predicted octanol–water partition coefficient (Wildman–Crippen LogP) is 3.71. The molecule has 2 unspecified atom stereocenters. The minimum Gasteiger partial charge on any atom is -0.381 e. The average molecular weight is 239 g/mol. The van der Waals surface area contributed by atoms with Crippen LogP contribution in [0.2, 0.25) is 0 Å². The molecule has 1 aromatic rings. The van der Waals surface area contributed by atoms with Crippen LogP contribution in [0.1, 0.15) is 13.3 Å². The van der Waals surface area contributed by atoms with Gasteiger partial charge in [0.2, 0.25) is 0 Å². The first kappa shape index (κ1) is 11.2. The standard InChI is InChI=1S/C12H17NS2/c1-9-12(7-8-15-9)13-10-3-5-11(14-2)6-4-10/h3-6,9,12-13H,7-8H2,1-2H3. The predicted molar refractivity (Wildman–Crippen MR) is 72.2 cm³/mol. The van der Waals surface area contributed by atoms with Crippen molar-refractivity contribution in [2.75, 3.05) is 17.3 Å². The fraction of sp³-hybridized carbons (Fsp3) is 0.500. The van der Waals surface area contributed by atoms with Gasteiger partial charge in [-0.3, -0.25) is 0 Å². The van der Waals surface area contributed by atoms with Crippen molar-refractivity contribution >= 4 is 29.2 Å². The van der Waals surface area contributed by atoms with Crippen LogP contribution in [-0.4, -0.2) is 23.3 Å². The molecule has 1 heterocycles. The fourth-order valence-corrected chi connectivity index (χ4v) is 3.43. The highest BCUT2D eigenvalue weighted by atomic mass is 32.2. The first-order chi connectivity index (χ1) is 7.29. The number of hydrogen-bond donors (Lipinski definition) is 1. The Balaban J connectivity index is 1.98. The Kier molecular flexibility index (Phi) is 3.87. The van der Waals surface area contributed by atoms with Crippen LogP contribution in [0, 0.1) is 0 Å². The maximum absolute atomic E-state index is 3.61. The Labute approximate surface area is 100 Å². The second-order valence-corrected chi connectivity index (χ2v) is 6.21. The van der Waals surface area contributed by atoms with Gasteiger partial charge in [-0.25, -0.2) is 0 Å². The molecule has 0 saturated carbocycles. The molecule has 1 aromatic carbocycles. The summed E-state index contributed by atoms with van der Waals surface area (Å²) in [5.74, 6) is 1.29. The van der Waals surface area contributed by atoms with Crippen LogP contribution < -0.4 is 5.32 Å². The summed E-state index contributed by atoms with van der Waals surface area (Å²) in [7, 11) is 0. The molecule has 82 valence electrons. The lowest BCUT2D eigenvalue weighted by atomic mass is 10.1. The molecular formula is C12H17NS2. The lowest BCUT2D eigenvalue weighted by molar-refractivity contribution is 0.724. The van der Waals surface area contributed by atoms with E-state index < -0.39 is 0 Å². The molecule has 1 N–H and O–H groups in total. The molecule has 1 aliphatic rings. The highest BCUT2D eigenvalue weighted by molar-refractivity contribution is 8.00. The van der Waals surface area contributed by atoms with Gasteiger partial charge in [0.1, 0.15) is 0 Å². The van der Waals surface area contributed by atoms with E-state index >= 15 is 0 Å². The van der Waals surface area contributed by atoms with Gasteiger partial charge in [-0.2, -0.15) is 11.8 Å². The highest BCUT2D eigenvalue weighted by Gasteiger charge is 2.23. The molecule has 1 fully saturated rings. The van der Waals surface area contributed by atoms with Crippen LogP contribution in [0.5, 0.6) is 0 Å². The SMILES string of the molecule is CSc1ccc(NC2CCSC2C)cc1. The van der Waals surface area contributed by atoms with E-state index in [1.165, 1.54) is 22.8 Å². The van der Waals surface area contributed by atoms with E-state index in [2.05, 4.69) is 54.5 Å². The minimum atomic E-state index is 0.648. The zero-order valence-electron chi connectivity index (χ0n) is 9.19. The number of thioether (sulfide) groups is 2. The average Bonchev–Trinajstić information content (AvgIpc) is 2.66. The molecule has 0 radical (unpaired) electrons. The van der Waals surface area contributed by atoms with Crippen LogP contribution in [0.15, 0.2) is 29.2 Å². The Bertz CT molecular complexity index is 310. The zero-order valence-corrected chi connectivity index (χ0v) is 10.8. The molecule has 0 aromatic heterocycles. The van der Waals surface area contributed by atoms with Crippen molar-refractivity contribution in [2.24, 2.45) is 0 Å². The molecule has 0 spiro atoms. The van der Waals surface area contributed by atoms with Crippen LogP contribution in [0.25, 0.3) is 0 Å². The maximum atomic E-state index is 3.61. The Morgan fingerprint density at radius 3 is 2.60 bits per heavy atom. The van der Waals surface area contributed by atoms with Crippen molar-refractivity contribution in [1.82, 2.24) is 0 Å². The van der Waals surface area contributed by atoms with E-state index in [1.807, 2.05) is 0 Å².